The van der Waals surface area contributed by atoms with E-state index in [1.54, 1.807) is 14.0 Å². The molecule has 0 bridgehead atoms. The van der Waals surface area contributed by atoms with Gasteiger partial charge in [-0.1, -0.05) is 19.9 Å². The topological polar surface area (TPSA) is 38.3 Å². The second-order valence-corrected chi connectivity index (χ2v) is 5.47. The maximum atomic E-state index is 11.7. The minimum atomic E-state index is -0.116. The molecular weight excluding hydrogens is 294 g/mol. The quantitative estimate of drug-likeness (QED) is 0.877. The number of hydrogen-bond donors (Lipinski definition) is 1. The maximum Gasteiger partial charge on any atom is 0.138 e. The van der Waals surface area contributed by atoms with Crippen LogP contribution in [0.2, 0.25) is 0 Å². The van der Waals surface area contributed by atoms with Crippen molar-refractivity contribution in [1.29, 1.82) is 0 Å². The lowest BCUT2D eigenvalue weighted by atomic mass is 9.95. The van der Waals surface area contributed by atoms with Gasteiger partial charge in [-0.3, -0.25) is 4.79 Å². The Hall–Kier alpha value is -0.870. The number of carbonyl (C=O) groups is 1. The summed E-state index contributed by atoms with van der Waals surface area (Å²) < 4.78 is 6.06. The zero-order valence-corrected chi connectivity index (χ0v) is 12.9. The van der Waals surface area contributed by atoms with E-state index in [2.05, 4.69) is 35.1 Å². The molecule has 1 rings (SSSR count). The van der Waals surface area contributed by atoms with E-state index in [4.69, 9.17) is 4.74 Å². The molecular formula is C14H20BrNO2. The average molecular weight is 314 g/mol. The van der Waals surface area contributed by atoms with Crippen LogP contribution < -0.4 is 10.1 Å². The van der Waals surface area contributed by atoms with Gasteiger partial charge in [0.15, 0.2) is 0 Å². The van der Waals surface area contributed by atoms with Crippen LogP contribution in [0.5, 0.6) is 5.75 Å². The summed E-state index contributed by atoms with van der Waals surface area (Å²) in [6, 6.07) is 6.14. The van der Waals surface area contributed by atoms with Crippen molar-refractivity contribution in [1.82, 2.24) is 5.32 Å². The van der Waals surface area contributed by atoms with E-state index in [1.165, 1.54) is 0 Å². The van der Waals surface area contributed by atoms with Gasteiger partial charge >= 0.3 is 0 Å². The first kappa shape index (κ1) is 15.2. The van der Waals surface area contributed by atoms with Crippen molar-refractivity contribution in [2.75, 3.05) is 13.7 Å². The van der Waals surface area contributed by atoms with Gasteiger partial charge in [0.2, 0.25) is 0 Å². The van der Waals surface area contributed by atoms with Gasteiger partial charge in [-0.25, -0.2) is 0 Å². The van der Waals surface area contributed by atoms with Crippen LogP contribution in [0.15, 0.2) is 22.7 Å². The van der Waals surface area contributed by atoms with Crippen molar-refractivity contribution in [3.8, 4) is 5.75 Å². The average Bonchev–Trinajstić information content (AvgIpc) is 2.28. The van der Waals surface area contributed by atoms with E-state index in [0.717, 1.165) is 15.8 Å². The van der Waals surface area contributed by atoms with Crippen molar-refractivity contribution in [3.63, 3.8) is 0 Å². The third kappa shape index (κ3) is 4.10. The van der Waals surface area contributed by atoms with Gasteiger partial charge in [-0.15, -0.1) is 0 Å². The van der Waals surface area contributed by atoms with Gasteiger partial charge in [-0.2, -0.15) is 0 Å². The molecule has 3 nitrogen and oxygen atoms in total. The van der Waals surface area contributed by atoms with Gasteiger partial charge < -0.3 is 10.1 Å². The molecule has 1 unspecified atom stereocenters. The van der Waals surface area contributed by atoms with E-state index in [9.17, 15) is 4.79 Å². The van der Waals surface area contributed by atoms with Crippen LogP contribution in [0.1, 0.15) is 32.3 Å². The summed E-state index contributed by atoms with van der Waals surface area (Å²) in [6.45, 7) is 6.43. The highest BCUT2D eigenvalue weighted by molar-refractivity contribution is 9.10. The fourth-order valence-electron chi connectivity index (χ4n) is 1.75. The predicted molar refractivity (Wildman–Crippen MR) is 77.3 cm³/mol. The Kier molecular flexibility index (Phi) is 5.82. The number of carbonyl (C=O) groups excluding carboxylic acids is 1. The molecule has 0 saturated carbocycles. The highest BCUT2D eigenvalue weighted by atomic mass is 79.9. The number of Topliss-reactive ketones (excluding diaryl/α,β-unsaturated/α-hetero) is 1. The molecule has 0 amide bonds. The third-order valence-electron chi connectivity index (χ3n) is 2.80. The molecule has 0 aliphatic rings. The van der Waals surface area contributed by atoms with Crippen molar-refractivity contribution >= 4 is 21.7 Å². The first-order valence-electron chi connectivity index (χ1n) is 6.03. The van der Waals surface area contributed by atoms with E-state index in [1.807, 2.05) is 18.2 Å². The van der Waals surface area contributed by atoms with E-state index >= 15 is 0 Å². The lowest BCUT2D eigenvalue weighted by molar-refractivity contribution is -0.118. The Balaban J connectivity index is 2.92. The van der Waals surface area contributed by atoms with Crippen molar-refractivity contribution in [3.05, 3.63) is 28.2 Å². The summed E-state index contributed by atoms with van der Waals surface area (Å²) in [5, 5.41) is 3.31. The Bertz CT molecular complexity index is 418. The van der Waals surface area contributed by atoms with Crippen LogP contribution in [-0.2, 0) is 4.79 Å². The Morgan fingerprint density at radius 1 is 1.44 bits per heavy atom. The Morgan fingerprint density at radius 2 is 2.11 bits per heavy atom. The summed E-state index contributed by atoms with van der Waals surface area (Å²) in [7, 11) is 1.63. The largest absolute Gasteiger partial charge is 0.496 e. The number of methoxy groups -OCH3 is 1. The number of benzene rings is 1. The summed E-state index contributed by atoms with van der Waals surface area (Å²) in [4.78, 5) is 11.7. The van der Waals surface area contributed by atoms with Crippen molar-refractivity contribution < 1.29 is 9.53 Å². The van der Waals surface area contributed by atoms with Gasteiger partial charge in [0.25, 0.3) is 0 Å². The molecule has 1 aromatic carbocycles. The maximum absolute atomic E-state index is 11.7. The number of ether oxygens (including phenoxy) is 1. The molecule has 100 valence electrons. The Labute approximate surface area is 117 Å². The summed E-state index contributed by atoms with van der Waals surface area (Å²) in [5.41, 5.74) is 1.00. The van der Waals surface area contributed by atoms with Crippen LogP contribution >= 0.6 is 15.9 Å². The van der Waals surface area contributed by atoms with Crippen LogP contribution in [0.4, 0.5) is 0 Å². The number of ketones is 1. The molecule has 0 aliphatic carbocycles. The highest BCUT2D eigenvalue weighted by Gasteiger charge is 2.18. The minimum Gasteiger partial charge on any atom is -0.496 e. The lowest BCUT2D eigenvalue weighted by Crippen LogP contribution is -2.30. The molecule has 4 heteroatoms. The first-order chi connectivity index (χ1) is 8.45. The normalized spacial score (nSPS) is 12.6. The summed E-state index contributed by atoms with van der Waals surface area (Å²) in [5.74, 6) is 0.827. The first-order valence-corrected chi connectivity index (χ1v) is 6.82. The zero-order valence-electron chi connectivity index (χ0n) is 11.3. The molecule has 0 fully saturated rings. The monoisotopic (exact) mass is 313 g/mol. The molecule has 1 N–H and O–H groups in total. The van der Waals surface area contributed by atoms with Crippen molar-refractivity contribution in [2.45, 2.75) is 32.7 Å². The molecule has 18 heavy (non-hydrogen) atoms. The van der Waals surface area contributed by atoms with Crippen LogP contribution in [0, 0.1) is 0 Å². The molecule has 0 saturated heterocycles. The van der Waals surface area contributed by atoms with E-state index in [0.29, 0.717) is 12.6 Å². The molecule has 1 aromatic rings. The number of hydrogen-bond acceptors (Lipinski definition) is 3. The number of halogens is 1. The summed E-state index contributed by atoms with van der Waals surface area (Å²) in [6.07, 6.45) is 0. The lowest BCUT2D eigenvalue weighted by Gasteiger charge is -2.18. The SMILES string of the molecule is COc1ccc(C(CNC(C)C)C(C)=O)cc1Br. The smallest absolute Gasteiger partial charge is 0.138 e. The van der Waals surface area contributed by atoms with Gasteiger partial charge in [0.1, 0.15) is 11.5 Å². The molecule has 0 heterocycles. The standard InChI is InChI=1S/C14H20BrNO2/c1-9(2)16-8-12(10(3)17)11-5-6-14(18-4)13(15)7-11/h5-7,9,12,16H,8H2,1-4H3. The second-order valence-electron chi connectivity index (χ2n) is 4.62. The van der Waals surface area contributed by atoms with Crippen LogP contribution in [0.25, 0.3) is 0 Å². The number of rotatable bonds is 6. The fourth-order valence-corrected chi connectivity index (χ4v) is 2.31. The predicted octanol–water partition coefficient (Wildman–Crippen LogP) is 3.13. The fraction of sp³-hybridized carbons (Fsp3) is 0.500. The molecule has 0 spiro atoms. The molecule has 0 aliphatic heterocycles. The van der Waals surface area contributed by atoms with Gasteiger partial charge in [-0.05, 0) is 40.5 Å². The third-order valence-corrected chi connectivity index (χ3v) is 3.42. The van der Waals surface area contributed by atoms with E-state index < -0.39 is 0 Å². The van der Waals surface area contributed by atoms with Crippen LogP contribution in [0.3, 0.4) is 0 Å². The minimum absolute atomic E-state index is 0.116. The molecule has 1 atom stereocenters. The van der Waals surface area contributed by atoms with E-state index in [-0.39, 0.29) is 11.7 Å². The van der Waals surface area contributed by atoms with Gasteiger partial charge in [0, 0.05) is 12.6 Å². The van der Waals surface area contributed by atoms with Crippen molar-refractivity contribution in [2.24, 2.45) is 0 Å². The zero-order chi connectivity index (χ0) is 13.7. The molecule has 0 aromatic heterocycles. The summed E-state index contributed by atoms with van der Waals surface area (Å²) >= 11 is 3.45. The van der Waals surface area contributed by atoms with Crippen LogP contribution in [-0.4, -0.2) is 25.5 Å². The van der Waals surface area contributed by atoms with Gasteiger partial charge in [0.05, 0.1) is 17.5 Å². The highest BCUT2D eigenvalue weighted by Crippen LogP contribution is 2.29. The number of nitrogens with one attached hydrogen (secondary N) is 1. The Morgan fingerprint density at radius 3 is 2.56 bits per heavy atom. The molecule has 0 radical (unpaired) electrons. The second kappa shape index (κ2) is 6.90.